The average Bonchev–Trinajstić information content (AvgIpc) is 0.873. The Balaban J connectivity index is 0.000000297. The predicted molar refractivity (Wildman–Crippen MR) is 366 cm³/mol. The Morgan fingerprint density at radius 2 is 0.423 bits per heavy atom. The SMILES string of the molecule is Clc1ccc2cc1OCC[n+]1ccc(cc1)-c1cc[n+](cc1)Cc1ccc(cc1)C[n+]1ccc(cc1)-c1cc[n+](cc1)CCO2.F[P-](F)(F)(F)(F)F.F[P-](F)(F)(F)(F)F.F[P-](F)(F)(F)(F)F.F[P-](F)(F)(F)(F)F.c1cc2ccc1OCCOCCOCCOCCOc1ccc(cc1)OCCOCCOCCOCCO2. The molecule has 0 N–H and O–H groups in total. The van der Waals surface area contributed by atoms with Crippen LogP contribution in [0.4, 0.5) is 101 Å². The van der Waals surface area contributed by atoms with E-state index in [4.69, 9.17) is 68.4 Å². The van der Waals surface area contributed by atoms with Crippen molar-refractivity contribution in [3.63, 3.8) is 0 Å². The van der Waals surface area contributed by atoms with Crippen molar-refractivity contribution in [2.45, 2.75) is 26.2 Å². The molecule has 0 amide bonds. The molecule has 12 aliphatic heterocycles. The van der Waals surface area contributed by atoms with Gasteiger partial charge in [-0.1, -0.05) is 35.9 Å². The van der Waals surface area contributed by atoms with Crippen LogP contribution < -0.4 is 46.7 Å². The van der Waals surface area contributed by atoms with Crippen molar-refractivity contribution in [1.82, 2.24) is 0 Å². The molecule has 0 saturated carbocycles. The first-order valence-corrected chi connectivity index (χ1v) is 40.9. The molecule has 4 aromatic carbocycles. The molecule has 0 atom stereocenters. The molecule has 0 saturated heterocycles. The molecule has 0 unspecified atom stereocenters. The second-order valence-electron chi connectivity index (χ2n) is 23.1. The van der Waals surface area contributed by atoms with Gasteiger partial charge in [0.1, 0.15) is 74.1 Å². The van der Waals surface area contributed by atoms with E-state index in [1.807, 2.05) is 66.7 Å². The van der Waals surface area contributed by atoms with Crippen LogP contribution in [0.3, 0.4) is 0 Å². The van der Waals surface area contributed by atoms with Crippen LogP contribution in [0.1, 0.15) is 11.1 Å². The normalized spacial score (nSPS) is 17.8. The van der Waals surface area contributed by atoms with Gasteiger partial charge in [0.05, 0.1) is 84.3 Å². The van der Waals surface area contributed by atoms with Crippen molar-refractivity contribution in [1.29, 1.82) is 0 Å². The molecule has 16 bridgehead atoms. The van der Waals surface area contributed by atoms with Gasteiger partial charge < -0.3 is 56.8 Å². The first-order chi connectivity index (χ1) is 50.8. The molecule has 12 aliphatic rings. The number of pyridine rings is 4. The fourth-order valence-corrected chi connectivity index (χ4v) is 8.89. The van der Waals surface area contributed by atoms with Crippen LogP contribution in [0.2, 0.25) is 5.02 Å². The first kappa shape index (κ1) is 94.0. The van der Waals surface area contributed by atoms with Gasteiger partial charge in [0.2, 0.25) is 0 Å². The summed E-state index contributed by atoms with van der Waals surface area (Å²) in [5.41, 5.74) is 7.27. The summed E-state index contributed by atoms with van der Waals surface area (Å²) < 4.78 is 313. The van der Waals surface area contributed by atoms with Crippen LogP contribution in [0.15, 0.2) is 189 Å². The molecule has 16 nitrogen and oxygen atoms in total. The quantitative estimate of drug-likeness (QED) is 0.0815. The molecule has 626 valence electrons. The smallest absolute Gasteiger partial charge is 0.119 e. The largest absolute Gasteiger partial charge is 0.491 e. The number of fused-ring (bicyclic) bond motifs is 1. The van der Waals surface area contributed by atoms with Gasteiger partial charge in [0.15, 0.2) is 75.8 Å². The maximum atomic E-state index is 9.87. The van der Waals surface area contributed by atoms with Crippen molar-refractivity contribution in [3.05, 3.63) is 205 Å². The molecule has 4 aromatic heterocycles. The van der Waals surface area contributed by atoms with E-state index >= 15 is 0 Å². The minimum Gasteiger partial charge on any atom is -0.491 e. The number of hydrogen-bond acceptors (Lipinski definition) is 12. The van der Waals surface area contributed by atoms with Crippen LogP contribution in [-0.4, -0.2) is 119 Å². The standard InChI is InChI=1S/C38H35ClN4O2.C28H40O10.4F6P/c39-37-6-5-36-27-38(37)45-26-24-41-17-9-33(10-18-41)35-13-21-43(22-14-35)29-31-3-1-30(2-4-31)28-42-19-11-34(12-20-42)32-7-15-40(16-8-32)23-25-44-36;1-2-26-4-3-25(1)35-21-17-31-13-9-29-11-15-33-19-23-37-27-5-7-28(8-6-27)38-24-20-34-16-12-30-10-14-32-18-22-36-26;4*1-7(2,3,4,5)6/h1-22,27H,23-26,28-29H2;1-8H,9-24H2;;;;/q+4;;4*-1. The zero-order chi connectivity index (χ0) is 82.4. The van der Waals surface area contributed by atoms with Crippen LogP contribution in [0.5, 0.6) is 34.5 Å². The van der Waals surface area contributed by atoms with E-state index in [1.54, 1.807) is 0 Å². The monoisotopic (exact) mass is 1730 g/mol. The van der Waals surface area contributed by atoms with Crippen molar-refractivity contribution < 1.29 is 176 Å². The molecule has 0 fully saturated rings. The van der Waals surface area contributed by atoms with Crippen molar-refractivity contribution in [2.75, 3.05) is 119 Å². The summed E-state index contributed by atoms with van der Waals surface area (Å²) in [7, 11) is -42.6. The maximum Gasteiger partial charge on any atom is 0.119 e. The Morgan fingerprint density at radius 1 is 0.225 bits per heavy atom. The van der Waals surface area contributed by atoms with Gasteiger partial charge in [0.25, 0.3) is 0 Å². The third-order valence-corrected chi connectivity index (χ3v) is 13.5. The summed E-state index contributed by atoms with van der Waals surface area (Å²) >= 11 is 6.44. The topological polar surface area (TPSA) is 126 Å². The molecular weight excluding hydrogens is 1660 g/mol. The van der Waals surface area contributed by atoms with Crippen molar-refractivity contribution in [2.24, 2.45) is 0 Å². The molecule has 0 aliphatic carbocycles. The molecule has 20 rings (SSSR count). The third kappa shape index (κ3) is 56.3. The maximum absolute atomic E-state index is 10.7. The molecule has 0 radical (unpaired) electrons. The Morgan fingerprint density at radius 3 is 0.667 bits per heavy atom. The van der Waals surface area contributed by atoms with Crippen LogP contribution in [0, 0.1) is 0 Å². The van der Waals surface area contributed by atoms with Gasteiger partial charge in [-0.3, -0.25) is 0 Å². The summed E-state index contributed by atoms with van der Waals surface area (Å²) in [6, 6.07) is 46.7. The number of ether oxygens (including phenoxy) is 12. The minimum absolute atomic E-state index is 0.459. The van der Waals surface area contributed by atoms with E-state index in [2.05, 4.69) is 141 Å². The fourth-order valence-electron chi connectivity index (χ4n) is 8.72. The molecule has 111 heavy (non-hydrogen) atoms. The summed E-state index contributed by atoms with van der Waals surface area (Å²) in [5, 5.41) is 0.568. The zero-order valence-corrected chi connectivity index (χ0v) is 62.2. The van der Waals surface area contributed by atoms with Gasteiger partial charge in [-0.2, -0.15) is 0 Å². The van der Waals surface area contributed by atoms with Gasteiger partial charge in [0, 0.05) is 65.7 Å². The molecule has 45 heteroatoms. The molecule has 16 heterocycles. The number of halogens is 25. The molecular formula is C66H75ClF24N4O12P4. The Labute approximate surface area is 623 Å². The van der Waals surface area contributed by atoms with E-state index in [0.29, 0.717) is 136 Å². The van der Waals surface area contributed by atoms with Gasteiger partial charge in [-0.25, -0.2) is 18.3 Å². The van der Waals surface area contributed by atoms with Crippen molar-refractivity contribution >= 4 is 42.8 Å². The Bertz CT molecular complexity index is 3830. The van der Waals surface area contributed by atoms with Crippen LogP contribution in [0.25, 0.3) is 22.3 Å². The van der Waals surface area contributed by atoms with E-state index < -0.39 is 31.2 Å². The van der Waals surface area contributed by atoms with Crippen LogP contribution in [-0.2, 0) is 54.6 Å². The average molecular weight is 1730 g/mol. The second-order valence-corrected chi connectivity index (χ2v) is 31.2. The number of rotatable bonds is 0. The second kappa shape index (κ2) is 37.1. The Hall–Kier alpha value is -7.63. The Kier molecular flexibility index (Phi) is 31.4. The van der Waals surface area contributed by atoms with Gasteiger partial charge >= 0.3 is 132 Å². The van der Waals surface area contributed by atoms with Gasteiger partial charge in [-0.15, -0.1) is 0 Å². The third-order valence-electron chi connectivity index (χ3n) is 13.2. The number of hydrogen-bond donors (Lipinski definition) is 0. The number of aromatic nitrogens is 4. The van der Waals surface area contributed by atoms with E-state index in [9.17, 15) is 101 Å². The fraction of sp³-hybridized carbons (Fsp3) is 0.333. The zero-order valence-electron chi connectivity index (χ0n) is 57.9. The van der Waals surface area contributed by atoms with E-state index in [0.717, 1.165) is 48.4 Å². The van der Waals surface area contributed by atoms with E-state index in [1.165, 1.54) is 33.4 Å². The minimum atomic E-state index is -10.7. The van der Waals surface area contributed by atoms with Crippen molar-refractivity contribution in [3.8, 4) is 56.8 Å². The number of nitrogens with zero attached hydrogens (tertiary/aromatic N) is 4. The predicted octanol–water partition coefficient (Wildman–Crippen LogP) is 21.9. The van der Waals surface area contributed by atoms with Crippen LogP contribution >= 0.6 is 42.8 Å². The first-order valence-electron chi connectivity index (χ1n) is 32.4. The van der Waals surface area contributed by atoms with E-state index in [-0.39, 0.29) is 0 Å². The summed E-state index contributed by atoms with van der Waals surface area (Å²) in [5.74, 6) is 4.40. The summed E-state index contributed by atoms with van der Waals surface area (Å²) in [6.45, 7) is 11.9. The summed E-state index contributed by atoms with van der Waals surface area (Å²) in [4.78, 5) is 0. The molecule has 8 aromatic rings. The number of benzene rings is 4. The summed E-state index contributed by atoms with van der Waals surface area (Å²) in [6.07, 6.45) is 16.9. The van der Waals surface area contributed by atoms with Gasteiger partial charge in [-0.05, 0) is 82.9 Å². The molecule has 0 spiro atoms.